The van der Waals surface area contributed by atoms with Crippen LogP contribution in [0.2, 0.25) is 0 Å². The van der Waals surface area contributed by atoms with E-state index in [1.54, 1.807) is 0 Å². The zero-order valence-corrected chi connectivity index (χ0v) is 10.00. The van der Waals surface area contributed by atoms with Crippen LogP contribution in [0.5, 0.6) is 0 Å². The molecule has 0 aliphatic heterocycles. The molecule has 1 nitrogen and oxygen atoms in total. The zero-order chi connectivity index (χ0) is 10.6. The summed E-state index contributed by atoms with van der Waals surface area (Å²) in [5.74, 6) is 2.11. The van der Waals surface area contributed by atoms with Crippen LogP contribution in [-0.4, -0.2) is 11.2 Å². The smallest absolute Gasteiger partial charge is 0.0571 e. The average Bonchev–Trinajstić information content (AvgIpc) is 2.17. The van der Waals surface area contributed by atoms with Crippen LogP contribution >= 0.6 is 0 Å². The van der Waals surface area contributed by atoms with E-state index in [4.69, 9.17) is 0 Å². The van der Waals surface area contributed by atoms with Crippen molar-refractivity contribution in [3.05, 3.63) is 0 Å². The zero-order valence-electron chi connectivity index (χ0n) is 10.00. The summed E-state index contributed by atoms with van der Waals surface area (Å²) < 4.78 is 0. The Bertz CT molecular complexity index is 155. The van der Waals surface area contributed by atoms with E-state index < -0.39 is 0 Å². The van der Waals surface area contributed by atoms with Gasteiger partial charge in [0, 0.05) is 0 Å². The van der Waals surface area contributed by atoms with Gasteiger partial charge >= 0.3 is 0 Å². The van der Waals surface area contributed by atoms with Crippen LogP contribution in [0.15, 0.2) is 0 Å². The Morgan fingerprint density at radius 3 is 2.64 bits per heavy atom. The molecule has 14 heavy (non-hydrogen) atoms. The van der Waals surface area contributed by atoms with Crippen molar-refractivity contribution in [2.75, 3.05) is 0 Å². The molecule has 4 atom stereocenters. The minimum absolute atomic E-state index is 0.0345. The minimum Gasteiger partial charge on any atom is -0.393 e. The Balaban J connectivity index is 2.31. The lowest BCUT2D eigenvalue weighted by atomic mass is 9.77. The Hall–Kier alpha value is -0.0400. The predicted octanol–water partition coefficient (Wildman–Crippen LogP) is 3.61. The summed E-state index contributed by atoms with van der Waals surface area (Å²) in [5.41, 5.74) is 0. The lowest BCUT2D eigenvalue weighted by molar-refractivity contribution is 0.0528. The molecule has 0 aromatic heterocycles. The maximum atomic E-state index is 10.1. The first-order valence-electron chi connectivity index (χ1n) is 6.31. The highest BCUT2D eigenvalue weighted by Crippen LogP contribution is 2.32. The molecule has 0 aromatic carbocycles. The molecule has 0 bridgehead atoms. The fourth-order valence-corrected chi connectivity index (χ4v) is 2.60. The van der Waals surface area contributed by atoms with Crippen LogP contribution in [-0.2, 0) is 0 Å². The van der Waals surface area contributed by atoms with Crippen LogP contribution in [0, 0.1) is 17.8 Å². The largest absolute Gasteiger partial charge is 0.393 e. The van der Waals surface area contributed by atoms with E-state index in [1.807, 2.05) is 0 Å². The van der Waals surface area contributed by atoms with Crippen LogP contribution in [0.25, 0.3) is 0 Å². The van der Waals surface area contributed by atoms with Crippen molar-refractivity contribution in [1.29, 1.82) is 0 Å². The monoisotopic (exact) mass is 198 g/mol. The molecule has 1 aliphatic carbocycles. The van der Waals surface area contributed by atoms with E-state index in [9.17, 15) is 5.11 Å². The minimum atomic E-state index is -0.0345. The van der Waals surface area contributed by atoms with Crippen LogP contribution in [0.3, 0.4) is 0 Å². The van der Waals surface area contributed by atoms with Crippen molar-refractivity contribution >= 4 is 0 Å². The lowest BCUT2D eigenvalue weighted by Gasteiger charge is -2.31. The first-order valence-corrected chi connectivity index (χ1v) is 6.31. The van der Waals surface area contributed by atoms with Gasteiger partial charge in [-0.1, -0.05) is 40.0 Å². The van der Waals surface area contributed by atoms with Gasteiger partial charge in [-0.25, -0.2) is 0 Å². The van der Waals surface area contributed by atoms with Crippen molar-refractivity contribution < 1.29 is 5.11 Å². The molecule has 0 aromatic rings. The Morgan fingerprint density at radius 2 is 2.07 bits per heavy atom. The highest BCUT2D eigenvalue weighted by Gasteiger charge is 2.25. The molecule has 0 spiro atoms. The molecule has 1 N–H and O–H groups in total. The van der Waals surface area contributed by atoms with Gasteiger partial charge in [-0.2, -0.15) is 0 Å². The second-order valence-corrected chi connectivity index (χ2v) is 5.35. The first kappa shape index (κ1) is 12.0. The third-order valence-corrected chi connectivity index (χ3v) is 3.86. The molecule has 0 heterocycles. The van der Waals surface area contributed by atoms with Crippen molar-refractivity contribution in [2.24, 2.45) is 17.8 Å². The highest BCUT2D eigenvalue weighted by molar-refractivity contribution is 4.77. The number of hydrogen-bond donors (Lipinski definition) is 1. The maximum Gasteiger partial charge on any atom is 0.0571 e. The Kier molecular flexibility index (Phi) is 4.94. The third kappa shape index (κ3) is 3.61. The van der Waals surface area contributed by atoms with Crippen molar-refractivity contribution in [3.8, 4) is 0 Å². The SMILES string of the molecule is CCC(C)CC(O)C1CCCC(C)C1. The summed E-state index contributed by atoms with van der Waals surface area (Å²) in [6.07, 6.45) is 7.36. The van der Waals surface area contributed by atoms with Crippen molar-refractivity contribution in [3.63, 3.8) is 0 Å². The molecule has 1 aliphatic rings. The van der Waals surface area contributed by atoms with E-state index >= 15 is 0 Å². The number of hydrogen-bond acceptors (Lipinski definition) is 1. The third-order valence-electron chi connectivity index (χ3n) is 3.86. The fourth-order valence-electron chi connectivity index (χ4n) is 2.60. The number of rotatable bonds is 4. The Morgan fingerprint density at radius 1 is 1.36 bits per heavy atom. The number of aliphatic hydroxyl groups is 1. The summed E-state index contributed by atoms with van der Waals surface area (Å²) in [6, 6.07) is 0. The summed E-state index contributed by atoms with van der Waals surface area (Å²) in [6.45, 7) is 6.78. The van der Waals surface area contributed by atoms with Gasteiger partial charge in [-0.3, -0.25) is 0 Å². The van der Waals surface area contributed by atoms with Gasteiger partial charge < -0.3 is 5.11 Å². The normalized spacial score (nSPS) is 32.6. The second kappa shape index (κ2) is 5.75. The van der Waals surface area contributed by atoms with Gasteiger partial charge in [0.05, 0.1) is 6.10 Å². The van der Waals surface area contributed by atoms with Crippen molar-refractivity contribution in [1.82, 2.24) is 0 Å². The molecule has 1 heteroatoms. The lowest BCUT2D eigenvalue weighted by Crippen LogP contribution is -2.27. The van der Waals surface area contributed by atoms with E-state index in [-0.39, 0.29) is 6.10 Å². The molecule has 0 radical (unpaired) electrons. The highest BCUT2D eigenvalue weighted by atomic mass is 16.3. The average molecular weight is 198 g/mol. The first-order chi connectivity index (χ1) is 6.63. The van der Waals surface area contributed by atoms with E-state index in [2.05, 4.69) is 20.8 Å². The van der Waals surface area contributed by atoms with Gasteiger partial charge in [0.1, 0.15) is 0 Å². The van der Waals surface area contributed by atoms with E-state index in [0.717, 1.165) is 12.3 Å². The standard InChI is InChI=1S/C13H26O/c1-4-10(2)9-13(14)12-7-5-6-11(3)8-12/h10-14H,4-9H2,1-3H3. The second-order valence-electron chi connectivity index (χ2n) is 5.35. The maximum absolute atomic E-state index is 10.1. The molecule has 0 saturated heterocycles. The van der Waals surface area contributed by atoms with E-state index in [0.29, 0.717) is 11.8 Å². The molecule has 1 saturated carbocycles. The molecular weight excluding hydrogens is 172 g/mol. The topological polar surface area (TPSA) is 20.2 Å². The van der Waals surface area contributed by atoms with Gasteiger partial charge in [-0.05, 0) is 37.0 Å². The molecule has 1 rings (SSSR count). The predicted molar refractivity (Wildman–Crippen MR) is 61.2 cm³/mol. The fraction of sp³-hybridized carbons (Fsp3) is 1.00. The molecular formula is C13H26O. The van der Waals surface area contributed by atoms with Crippen LogP contribution < -0.4 is 0 Å². The van der Waals surface area contributed by atoms with Gasteiger partial charge in [0.2, 0.25) is 0 Å². The molecule has 1 fully saturated rings. The quantitative estimate of drug-likeness (QED) is 0.731. The summed E-state index contributed by atoms with van der Waals surface area (Å²) >= 11 is 0. The van der Waals surface area contributed by atoms with Gasteiger partial charge in [-0.15, -0.1) is 0 Å². The van der Waals surface area contributed by atoms with Gasteiger partial charge in [0.25, 0.3) is 0 Å². The van der Waals surface area contributed by atoms with Gasteiger partial charge in [0.15, 0.2) is 0 Å². The number of aliphatic hydroxyl groups excluding tert-OH is 1. The molecule has 84 valence electrons. The Labute approximate surface area is 88.9 Å². The van der Waals surface area contributed by atoms with Crippen LogP contribution in [0.1, 0.15) is 59.3 Å². The summed E-state index contributed by atoms with van der Waals surface area (Å²) in [4.78, 5) is 0. The van der Waals surface area contributed by atoms with Crippen molar-refractivity contribution in [2.45, 2.75) is 65.4 Å². The molecule has 0 amide bonds. The summed E-state index contributed by atoms with van der Waals surface area (Å²) in [7, 11) is 0. The molecule has 4 unspecified atom stereocenters. The summed E-state index contributed by atoms with van der Waals surface area (Å²) in [5, 5.41) is 10.1. The van der Waals surface area contributed by atoms with Crippen LogP contribution in [0.4, 0.5) is 0 Å². The van der Waals surface area contributed by atoms with E-state index in [1.165, 1.54) is 32.1 Å².